The average Bonchev–Trinajstić information content (AvgIpc) is 4.08. The number of likely N-dealkylation sites (tertiary alicyclic amines) is 1. The monoisotopic (exact) mass is 899 g/mol. The predicted octanol–water partition coefficient (Wildman–Crippen LogP) is 5.75. The first-order valence-electron chi connectivity index (χ1n) is 22.1. The van der Waals surface area contributed by atoms with E-state index in [-0.39, 0.29) is 36.9 Å². The van der Waals surface area contributed by atoms with Crippen molar-refractivity contribution in [3.8, 4) is 21.8 Å². The molecule has 2 aliphatic heterocycles. The van der Waals surface area contributed by atoms with Crippen molar-refractivity contribution >= 4 is 53.0 Å². The van der Waals surface area contributed by atoms with Crippen LogP contribution < -0.4 is 10.7 Å². The fourth-order valence-electron chi connectivity index (χ4n) is 8.40. The Bertz CT molecular complexity index is 2240. The largest absolute Gasteiger partial charge is 0.467 e. The van der Waals surface area contributed by atoms with Gasteiger partial charge in [0.05, 0.1) is 29.8 Å². The number of carbonyl (C=O) groups is 5. The number of carbonyl (C=O) groups excluding carboxylic acids is 5. The maximum absolute atomic E-state index is 13.9. The number of pyridine rings is 2. The molecule has 4 aromatic heterocycles. The van der Waals surface area contributed by atoms with E-state index in [0.29, 0.717) is 49.6 Å². The number of thiazole rings is 1. The van der Waals surface area contributed by atoms with Crippen LogP contribution >= 0.6 is 11.3 Å². The van der Waals surface area contributed by atoms with Crippen LogP contribution in [0.1, 0.15) is 90.3 Å². The lowest BCUT2D eigenvalue weighted by Gasteiger charge is -2.33. The van der Waals surface area contributed by atoms with Crippen molar-refractivity contribution in [1.29, 1.82) is 0 Å². The summed E-state index contributed by atoms with van der Waals surface area (Å²) < 4.78 is 13.2. The third-order valence-corrected chi connectivity index (χ3v) is 12.6. The summed E-state index contributed by atoms with van der Waals surface area (Å²) >= 11 is 1.44. The van der Waals surface area contributed by atoms with Gasteiger partial charge in [-0.05, 0) is 81.7 Å². The Labute approximate surface area is 380 Å². The van der Waals surface area contributed by atoms with Crippen molar-refractivity contribution in [2.45, 2.75) is 105 Å². The van der Waals surface area contributed by atoms with Gasteiger partial charge in [0.2, 0.25) is 18.2 Å². The number of hydrogen-bond donors (Lipinski definition) is 2. The molecule has 0 spiro atoms. The zero-order chi connectivity index (χ0) is 46.6. The van der Waals surface area contributed by atoms with Crippen molar-refractivity contribution in [2.24, 2.45) is 11.3 Å². The molecule has 2 aliphatic rings. The number of ether oxygens (including phenoxy) is 2. The summed E-state index contributed by atoms with van der Waals surface area (Å²) in [6.07, 6.45) is 10.2. The Morgan fingerprint density at radius 1 is 1.09 bits per heavy atom. The molecule has 0 aromatic carbocycles. The third kappa shape index (κ3) is 12.0. The number of rotatable bonds is 19. The highest BCUT2D eigenvalue weighted by atomic mass is 32.1. The fourth-order valence-corrected chi connectivity index (χ4v) is 9.21. The van der Waals surface area contributed by atoms with E-state index in [1.807, 2.05) is 43.3 Å². The fraction of sp³-hybridized carbons (Fsp3) is 0.532. The van der Waals surface area contributed by atoms with E-state index in [2.05, 4.69) is 54.8 Å². The maximum Gasteiger partial charge on any atom is 0.293 e. The number of hydrazine groups is 1. The second-order valence-corrected chi connectivity index (χ2v) is 18.3. The topological polar surface area (TPSA) is 181 Å². The van der Waals surface area contributed by atoms with Gasteiger partial charge in [0.25, 0.3) is 12.4 Å². The molecule has 0 bridgehead atoms. The number of aromatic nitrogens is 4. The molecule has 4 amide bonds. The van der Waals surface area contributed by atoms with Crippen LogP contribution in [0.4, 0.5) is 0 Å². The molecule has 3 atom stereocenters. The first kappa shape index (κ1) is 49.5. The van der Waals surface area contributed by atoms with Crippen LogP contribution in [-0.2, 0) is 52.8 Å². The minimum atomic E-state index is -0.901. The van der Waals surface area contributed by atoms with E-state index in [4.69, 9.17) is 24.4 Å². The average molecular weight is 900 g/mol. The molecule has 2 N–H and O–H groups in total. The van der Waals surface area contributed by atoms with Gasteiger partial charge in [-0.25, -0.2) is 15.4 Å². The van der Waals surface area contributed by atoms with Gasteiger partial charge < -0.3 is 29.2 Å². The van der Waals surface area contributed by atoms with Gasteiger partial charge >= 0.3 is 0 Å². The molecular weight excluding hydrogens is 835 g/mol. The summed E-state index contributed by atoms with van der Waals surface area (Å²) in [6.45, 7) is 19.7. The Hall–Kier alpha value is -5.52. The van der Waals surface area contributed by atoms with Crippen molar-refractivity contribution in [2.75, 3.05) is 46.9 Å². The van der Waals surface area contributed by atoms with Gasteiger partial charge in [-0.2, -0.15) is 0 Å². The normalized spacial score (nSPS) is 15.5. The van der Waals surface area contributed by atoms with E-state index in [9.17, 15) is 24.0 Å². The quantitative estimate of drug-likeness (QED) is 0.0864. The number of methoxy groups -OCH3 is 1. The summed E-state index contributed by atoms with van der Waals surface area (Å²) in [5.41, 5.74) is 8.79. The number of aryl methyl sites for hydroxylation is 1. The molecular formula is C47H65N9O7S. The van der Waals surface area contributed by atoms with E-state index in [1.54, 1.807) is 25.4 Å². The molecule has 17 heteroatoms. The molecule has 2 fully saturated rings. The molecule has 346 valence electrons. The van der Waals surface area contributed by atoms with Crippen LogP contribution in [0.3, 0.4) is 0 Å². The van der Waals surface area contributed by atoms with Crippen LogP contribution in [-0.4, -0.2) is 124 Å². The van der Waals surface area contributed by atoms with E-state index in [0.717, 1.165) is 77.9 Å². The highest BCUT2D eigenvalue weighted by Crippen LogP contribution is 2.41. The Morgan fingerprint density at radius 3 is 2.45 bits per heavy atom. The van der Waals surface area contributed by atoms with Crippen molar-refractivity contribution in [3.05, 3.63) is 65.6 Å². The Kier molecular flexibility index (Phi) is 17.7. The van der Waals surface area contributed by atoms with Crippen LogP contribution in [0, 0.1) is 11.3 Å². The smallest absolute Gasteiger partial charge is 0.293 e. The second kappa shape index (κ2) is 22.9. The third-order valence-electron chi connectivity index (χ3n) is 11.7. The van der Waals surface area contributed by atoms with Gasteiger partial charge in [0, 0.05) is 93.0 Å². The van der Waals surface area contributed by atoms with Gasteiger partial charge in [-0.15, -0.1) is 11.3 Å². The number of amides is 4. The standard InChI is InChI=1S/C40H54N8O6S.C7H11NO/c1-9-47-35(29-13-12-14-41-33(29)26(4)53-8)31(19-40(5,6)22-54-24-50)30-17-27(20-42-36(30)47)38-44-28(21-55-38)18-32(39(52)48-16-11-10-15-43-48)45-37(51)34(25(2)3)46(7)23-49;1-2-7(9)8-5-3-4-6-8/h12-14,17,20-21,23-26,32,34,43H,9-11,15-16,18-19,22H2,1-8H3,(H,45,51);2H,1,3-6H2. The molecule has 0 aliphatic carbocycles. The number of fused-ring (bicyclic) bond motifs is 1. The lowest BCUT2D eigenvalue weighted by Crippen LogP contribution is -2.59. The van der Waals surface area contributed by atoms with Crippen molar-refractivity contribution < 1.29 is 33.4 Å². The summed E-state index contributed by atoms with van der Waals surface area (Å²) in [5.74, 6) is -0.741. The van der Waals surface area contributed by atoms with Crippen molar-refractivity contribution in [3.63, 3.8) is 0 Å². The van der Waals surface area contributed by atoms with E-state index < -0.39 is 23.4 Å². The second-order valence-electron chi connectivity index (χ2n) is 17.4. The molecule has 3 unspecified atom stereocenters. The molecule has 4 aromatic rings. The molecule has 6 heterocycles. The van der Waals surface area contributed by atoms with E-state index >= 15 is 0 Å². The zero-order valence-electron chi connectivity index (χ0n) is 38.6. The predicted molar refractivity (Wildman–Crippen MR) is 248 cm³/mol. The number of nitrogens with zero attached hydrogens (tertiary/aromatic N) is 7. The SMILES string of the molecule is C=CC(=O)N1CCCC1.CCn1c(-c2cccnc2C(C)OC)c(CC(C)(C)COC=O)c2cc(-c3nc(CC(NC(=O)C(C(C)C)N(C)C=O)C(=O)N4CCCCN4)cs3)cnc21. The molecule has 64 heavy (non-hydrogen) atoms. The highest BCUT2D eigenvalue weighted by Gasteiger charge is 2.34. The molecule has 6 rings (SSSR count). The lowest BCUT2D eigenvalue weighted by molar-refractivity contribution is -0.142. The van der Waals surface area contributed by atoms with Crippen LogP contribution in [0.25, 0.3) is 32.9 Å². The molecule has 16 nitrogen and oxygen atoms in total. The van der Waals surface area contributed by atoms with Crippen LogP contribution in [0.15, 0.2) is 48.6 Å². The highest BCUT2D eigenvalue weighted by molar-refractivity contribution is 7.13. The van der Waals surface area contributed by atoms with Gasteiger partial charge in [0.1, 0.15) is 22.7 Å². The van der Waals surface area contributed by atoms with E-state index in [1.165, 1.54) is 22.3 Å². The molecule has 0 radical (unpaired) electrons. The van der Waals surface area contributed by atoms with Crippen LogP contribution in [0.5, 0.6) is 0 Å². The van der Waals surface area contributed by atoms with Crippen molar-refractivity contribution in [1.82, 2.24) is 45.1 Å². The Balaban J connectivity index is 0.000000762. The van der Waals surface area contributed by atoms with Gasteiger partial charge in [-0.1, -0.05) is 34.3 Å². The first-order chi connectivity index (χ1) is 30.7. The summed E-state index contributed by atoms with van der Waals surface area (Å²) in [7, 11) is 3.23. The summed E-state index contributed by atoms with van der Waals surface area (Å²) in [4.78, 5) is 79.0. The minimum absolute atomic E-state index is 0.0764. The summed E-state index contributed by atoms with van der Waals surface area (Å²) in [6, 6.07) is 4.44. The number of likely N-dealkylation sites (N-methyl/N-ethyl adjacent to an activating group) is 1. The van der Waals surface area contributed by atoms with Gasteiger partial charge in [-0.3, -0.25) is 34.0 Å². The Morgan fingerprint density at radius 2 is 1.83 bits per heavy atom. The molecule has 2 saturated heterocycles. The zero-order valence-corrected chi connectivity index (χ0v) is 39.4. The first-order valence-corrected chi connectivity index (χ1v) is 23.0. The van der Waals surface area contributed by atoms with Gasteiger partial charge in [0.15, 0.2) is 0 Å². The van der Waals surface area contributed by atoms with Crippen LogP contribution in [0.2, 0.25) is 0 Å². The number of hydrogen-bond acceptors (Lipinski definition) is 12. The number of nitrogens with one attached hydrogen (secondary N) is 2. The molecule has 0 saturated carbocycles. The lowest BCUT2D eigenvalue weighted by atomic mass is 9.84. The maximum atomic E-state index is 13.9. The summed E-state index contributed by atoms with van der Waals surface area (Å²) in [5, 5.41) is 8.10. The minimum Gasteiger partial charge on any atom is -0.467 e.